The summed E-state index contributed by atoms with van der Waals surface area (Å²) in [5, 5.41) is 14.3. The molecule has 0 spiro atoms. The van der Waals surface area contributed by atoms with Crippen LogP contribution in [0, 0.1) is 0 Å². The SMILES string of the molecule is CCCn1cc(C(=O)N2CC(O)CC2c2cccc(OC)c2)cn1. The van der Waals surface area contributed by atoms with Crippen LogP contribution in [0.3, 0.4) is 0 Å². The minimum absolute atomic E-state index is 0.0956. The number of aromatic nitrogens is 2. The van der Waals surface area contributed by atoms with Gasteiger partial charge in [-0.25, -0.2) is 0 Å². The lowest BCUT2D eigenvalue weighted by atomic mass is 10.0. The topological polar surface area (TPSA) is 67.6 Å². The molecule has 6 nitrogen and oxygen atoms in total. The summed E-state index contributed by atoms with van der Waals surface area (Å²) in [7, 11) is 1.62. The van der Waals surface area contributed by atoms with Crippen LogP contribution in [0.4, 0.5) is 0 Å². The number of hydrogen-bond donors (Lipinski definition) is 1. The summed E-state index contributed by atoms with van der Waals surface area (Å²) in [6.45, 7) is 3.19. The number of aryl methyl sites for hydroxylation is 1. The Labute approximate surface area is 141 Å². The van der Waals surface area contributed by atoms with Crippen molar-refractivity contribution in [1.29, 1.82) is 0 Å². The maximum atomic E-state index is 12.9. The summed E-state index contributed by atoms with van der Waals surface area (Å²) >= 11 is 0. The molecule has 2 atom stereocenters. The molecule has 0 saturated carbocycles. The highest BCUT2D eigenvalue weighted by molar-refractivity contribution is 5.94. The van der Waals surface area contributed by atoms with E-state index in [2.05, 4.69) is 12.0 Å². The van der Waals surface area contributed by atoms with Gasteiger partial charge < -0.3 is 14.7 Å². The number of methoxy groups -OCH3 is 1. The molecule has 1 aliphatic rings. The second-order valence-electron chi connectivity index (χ2n) is 6.13. The third kappa shape index (κ3) is 3.28. The highest BCUT2D eigenvalue weighted by atomic mass is 16.5. The fourth-order valence-corrected chi connectivity index (χ4v) is 3.19. The van der Waals surface area contributed by atoms with Crippen LogP contribution >= 0.6 is 0 Å². The number of hydrogen-bond acceptors (Lipinski definition) is 4. The van der Waals surface area contributed by atoms with E-state index in [0.717, 1.165) is 24.3 Å². The molecular formula is C18H23N3O3. The average molecular weight is 329 g/mol. The molecule has 1 amide bonds. The van der Waals surface area contributed by atoms with Crippen molar-refractivity contribution < 1.29 is 14.6 Å². The van der Waals surface area contributed by atoms with Gasteiger partial charge in [-0.3, -0.25) is 9.48 Å². The van der Waals surface area contributed by atoms with Crippen LogP contribution in [0.2, 0.25) is 0 Å². The minimum atomic E-state index is -0.518. The molecule has 3 rings (SSSR count). The number of amides is 1. The van der Waals surface area contributed by atoms with Gasteiger partial charge in [0.25, 0.3) is 5.91 Å². The predicted octanol–water partition coefficient (Wildman–Crippen LogP) is 2.25. The van der Waals surface area contributed by atoms with Crippen LogP contribution in [-0.4, -0.2) is 45.5 Å². The molecule has 1 aromatic heterocycles. The number of aliphatic hydroxyl groups is 1. The van der Waals surface area contributed by atoms with Crippen molar-refractivity contribution in [3.8, 4) is 5.75 Å². The molecule has 6 heteroatoms. The van der Waals surface area contributed by atoms with Gasteiger partial charge in [-0.05, 0) is 30.5 Å². The molecular weight excluding hydrogens is 306 g/mol. The van der Waals surface area contributed by atoms with Crippen molar-refractivity contribution in [3.63, 3.8) is 0 Å². The first-order valence-electron chi connectivity index (χ1n) is 8.27. The molecule has 128 valence electrons. The largest absolute Gasteiger partial charge is 0.497 e. The summed E-state index contributed by atoms with van der Waals surface area (Å²) < 4.78 is 7.05. The van der Waals surface area contributed by atoms with E-state index in [1.54, 1.807) is 29.1 Å². The first kappa shape index (κ1) is 16.5. The number of ether oxygens (including phenoxy) is 1. The molecule has 1 saturated heterocycles. The van der Waals surface area contributed by atoms with Crippen molar-refractivity contribution in [2.45, 2.75) is 38.5 Å². The molecule has 2 aromatic rings. The van der Waals surface area contributed by atoms with Crippen LogP contribution in [0.5, 0.6) is 5.75 Å². The highest BCUT2D eigenvalue weighted by Gasteiger charge is 2.36. The molecule has 2 unspecified atom stereocenters. The van der Waals surface area contributed by atoms with E-state index in [1.807, 2.05) is 24.3 Å². The second-order valence-corrected chi connectivity index (χ2v) is 6.13. The molecule has 24 heavy (non-hydrogen) atoms. The molecule has 0 aliphatic carbocycles. The standard InChI is InChI=1S/C18H23N3O3/c1-3-7-20-11-14(10-19-20)18(23)21-12-15(22)9-17(21)13-5-4-6-16(8-13)24-2/h4-6,8,10-11,15,17,22H,3,7,9,12H2,1-2H3. The Bertz CT molecular complexity index is 713. The molecule has 2 heterocycles. The van der Waals surface area contributed by atoms with E-state index >= 15 is 0 Å². The number of β-amino-alcohol motifs (C(OH)–C–C–N with tert-alkyl or cyclic N) is 1. The Morgan fingerprint density at radius 1 is 1.46 bits per heavy atom. The number of carbonyl (C=O) groups excluding carboxylic acids is 1. The molecule has 1 fully saturated rings. The van der Waals surface area contributed by atoms with E-state index in [-0.39, 0.29) is 11.9 Å². The van der Waals surface area contributed by atoms with E-state index < -0.39 is 6.10 Å². The third-order valence-electron chi connectivity index (χ3n) is 4.35. The van der Waals surface area contributed by atoms with Gasteiger partial charge in [0.2, 0.25) is 0 Å². The monoisotopic (exact) mass is 329 g/mol. The molecule has 0 radical (unpaired) electrons. The van der Waals surface area contributed by atoms with Gasteiger partial charge in [0.1, 0.15) is 5.75 Å². The smallest absolute Gasteiger partial charge is 0.257 e. The fraction of sp³-hybridized carbons (Fsp3) is 0.444. The summed E-state index contributed by atoms with van der Waals surface area (Å²) in [6, 6.07) is 7.50. The summed E-state index contributed by atoms with van der Waals surface area (Å²) in [5.74, 6) is 0.652. The first-order chi connectivity index (χ1) is 11.6. The van der Waals surface area contributed by atoms with Crippen molar-refractivity contribution in [3.05, 3.63) is 47.8 Å². The summed E-state index contributed by atoms with van der Waals surface area (Å²) in [6.07, 6.45) is 4.35. The number of carbonyl (C=O) groups is 1. The number of likely N-dealkylation sites (tertiary alicyclic amines) is 1. The molecule has 1 aliphatic heterocycles. The minimum Gasteiger partial charge on any atom is -0.497 e. The average Bonchev–Trinajstić information content (AvgIpc) is 3.21. The Morgan fingerprint density at radius 3 is 3.04 bits per heavy atom. The maximum Gasteiger partial charge on any atom is 0.257 e. The number of rotatable bonds is 5. The van der Waals surface area contributed by atoms with Crippen LogP contribution in [0.25, 0.3) is 0 Å². The number of nitrogens with zero attached hydrogens (tertiary/aromatic N) is 3. The van der Waals surface area contributed by atoms with Gasteiger partial charge in [-0.2, -0.15) is 5.10 Å². The Morgan fingerprint density at radius 2 is 2.29 bits per heavy atom. The van der Waals surface area contributed by atoms with Gasteiger partial charge in [0, 0.05) is 19.3 Å². The summed E-state index contributed by atoms with van der Waals surface area (Å²) in [4.78, 5) is 14.6. The molecule has 1 aromatic carbocycles. The fourth-order valence-electron chi connectivity index (χ4n) is 3.19. The Kier molecular flexibility index (Phi) is 4.85. The van der Waals surface area contributed by atoms with Crippen LogP contribution < -0.4 is 4.74 Å². The zero-order chi connectivity index (χ0) is 17.1. The zero-order valence-electron chi connectivity index (χ0n) is 14.1. The first-order valence-corrected chi connectivity index (χ1v) is 8.27. The normalized spacial score (nSPS) is 20.4. The predicted molar refractivity (Wildman–Crippen MR) is 89.9 cm³/mol. The summed E-state index contributed by atoms with van der Waals surface area (Å²) in [5.41, 5.74) is 1.53. The quantitative estimate of drug-likeness (QED) is 0.913. The second kappa shape index (κ2) is 7.05. The van der Waals surface area contributed by atoms with E-state index in [9.17, 15) is 9.90 Å². The number of aliphatic hydroxyl groups excluding tert-OH is 1. The third-order valence-corrected chi connectivity index (χ3v) is 4.35. The van der Waals surface area contributed by atoms with Gasteiger partial charge in [0.15, 0.2) is 0 Å². The zero-order valence-corrected chi connectivity index (χ0v) is 14.1. The van der Waals surface area contributed by atoms with Crippen LogP contribution in [0.15, 0.2) is 36.7 Å². The van der Waals surface area contributed by atoms with Crippen LogP contribution in [-0.2, 0) is 6.54 Å². The molecule has 1 N–H and O–H groups in total. The van der Waals surface area contributed by atoms with E-state index in [4.69, 9.17) is 4.74 Å². The van der Waals surface area contributed by atoms with Gasteiger partial charge in [0.05, 0.1) is 31.0 Å². The van der Waals surface area contributed by atoms with Gasteiger partial charge >= 0.3 is 0 Å². The Hall–Kier alpha value is -2.34. The number of benzene rings is 1. The van der Waals surface area contributed by atoms with Crippen molar-refractivity contribution in [2.75, 3.05) is 13.7 Å². The lowest BCUT2D eigenvalue weighted by molar-refractivity contribution is 0.0715. The lowest BCUT2D eigenvalue weighted by Gasteiger charge is -2.24. The van der Waals surface area contributed by atoms with Gasteiger partial charge in [-0.15, -0.1) is 0 Å². The van der Waals surface area contributed by atoms with Crippen molar-refractivity contribution in [2.24, 2.45) is 0 Å². The maximum absolute atomic E-state index is 12.9. The van der Waals surface area contributed by atoms with Crippen LogP contribution in [0.1, 0.15) is 41.7 Å². The van der Waals surface area contributed by atoms with Gasteiger partial charge in [-0.1, -0.05) is 19.1 Å². The Balaban J connectivity index is 1.85. The highest BCUT2D eigenvalue weighted by Crippen LogP contribution is 2.34. The van der Waals surface area contributed by atoms with E-state index in [1.165, 1.54) is 0 Å². The van der Waals surface area contributed by atoms with Crippen molar-refractivity contribution >= 4 is 5.91 Å². The van der Waals surface area contributed by atoms with Crippen molar-refractivity contribution in [1.82, 2.24) is 14.7 Å². The van der Waals surface area contributed by atoms with E-state index in [0.29, 0.717) is 18.5 Å². The molecule has 0 bridgehead atoms. The lowest BCUT2D eigenvalue weighted by Crippen LogP contribution is -2.31.